The van der Waals surface area contributed by atoms with Gasteiger partial charge in [-0.25, -0.2) is 0 Å². The molecule has 0 aromatic rings. The van der Waals surface area contributed by atoms with Crippen LogP contribution in [0, 0.1) is 0 Å². The Morgan fingerprint density at radius 1 is 0.667 bits per heavy atom. The van der Waals surface area contributed by atoms with Crippen molar-refractivity contribution in [1.29, 1.82) is 0 Å². The fraction of sp³-hybridized carbons (Fsp3) is 0. The van der Waals surface area contributed by atoms with Crippen molar-refractivity contribution in [1.82, 2.24) is 0 Å². The molecule has 0 aliphatic heterocycles. The lowest BCUT2D eigenvalue weighted by atomic mass is 11.3. The number of halogens is 1. The van der Waals surface area contributed by atoms with Crippen LogP contribution in [0.25, 0.3) is 0 Å². The maximum absolute atomic E-state index is 3.00. The first-order chi connectivity index (χ1) is 2.00. The van der Waals surface area contributed by atoms with Gasteiger partial charge in [-0.05, 0) is 0 Å². The molecule has 0 unspecified atom stereocenters. The third kappa shape index (κ3) is 513. The van der Waals surface area contributed by atoms with E-state index in [-0.39, 0.29) is 29.8 Å². The highest BCUT2D eigenvalue weighted by atomic mass is 35.5. The van der Waals surface area contributed by atoms with Crippen LogP contribution in [0.2, 0.25) is 0 Å². The van der Waals surface area contributed by atoms with Crippen LogP contribution in [-0.4, -0.2) is 17.4 Å². The Labute approximate surface area is 56.5 Å². The fourth-order valence-corrected chi connectivity index (χ4v) is 0. The summed E-state index contributed by atoms with van der Waals surface area (Å²) >= 11 is 0. The van der Waals surface area contributed by atoms with E-state index in [1.165, 1.54) is 0 Å². The van der Waals surface area contributed by atoms with E-state index in [0.717, 1.165) is 0 Å². The van der Waals surface area contributed by atoms with Crippen LogP contribution in [0.4, 0.5) is 0 Å². The topological polar surface area (TPSA) is 0 Å². The van der Waals surface area contributed by atoms with Crippen LogP contribution in [0.1, 0.15) is 0 Å². The largest absolute Gasteiger partial charge is 0.187 e. The molecule has 0 bridgehead atoms. The van der Waals surface area contributed by atoms with Crippen molar-refractivity contribution < 1.29 is 0 Å². The molecule has 0 atom stereocenters. The first kappa shape index (κ1) is 33.4. The summed E-state index contributed by atoms with van der Waals surface area (Å²) in [5.74, 6) is 0. The summed E-state index contributed by atoms with van der Waals surface area (Å²) in [5, 5.41) is 0. The molecule has 0 radical (unpaired) electrons. The van der Waals surface area contributed by atoms with Crippen molar-refractivity contribution in [2.45, 2.75) is 0 Å². The molecule has 0 heterocycles. The van der Waals surface area contributed by atoms with E-state index in [1.807, 2.05) is 0 Å². The molecule has 0 spiro atoms. The lowest BCUT2D eigenvalue weighted by Crippen LogP contribution is -0.552. The molecule has 6 heavy (non-hydrogen) atoms. The van der Waals surface area contributed by atoms with Gasteiger partial charge in [0.2, 0.25) is 0 Å². The monoisotopic (exact) mass is 122 g/mol. The van der Waals surface area contributed by atoms with Crippen molar-refractivity contribution in [3.63, 3.8) is 0 Å². The second kappa shape index (κ2) is 1070. The molecular weight excluding hydrogens is 110 g/mol. The molecule has 0 rings (SSSR count). The molecule has 0 saturated heterocycles. The molecule has 0 N–H and O–H groups in total. The number of hydrogen-bond donors (Lipinski definition) is 0. The third-order valence-corrected chi connectivity index (χ3v) is 0. The highest BCUT2D eigenvalue weighted by Gasteiger charge is 0.603. The zero-order valence-electron chi connectivity index (χ0n) is 3.24. The second-order valence-electron chi connectivity index (χ2n) is 0. The fourth-order valence-electron chi connectivity index (χ4n) is 0. The summed E-state index contributed by atoms with van der Waals surface area (Å²) in [5.41, 5.74) is 0. The Kier molecular flexibility index (Phi) is 5980. The molecule has 0 aliphatic carbocycles. The Balaban J connectivity index is -0.00000000500. The van der Waals surface area contributed by atoms with E-state index in [0.29, 0.717) is 0 Å². The van der Waals surface area contributed by atoms with Crippen LogP contribution in [0.5, 0.6) is 0 Å². The standard InChI is InChI=1S/2C2H4.Al.ClH.3H/c2*1-2;;;;;/h2*1-2H2;;1H;;;. The zero-order chi connectivity index (χ0) is 4.00. The summed E-state index contributed by atoms with van der Waals surface area (Å²) in [4.78, 5) is 0. The van der Waals surface area contributed by atoms with E-state index in [9.17, 15) is 0 Å². The predicted octanol–water partition coefficient (Wildman–Crippen LogP) is 0.842. The smallest absolute Gasteiger partial charge is 0.147 e. The van der Waals surface area contributed by atoms with Gasteiger partial charge in [-0.3, -0.25) is 0 Å². The molecule has 0 amide bonds. The summed E-state index contributed by atoms with van der Waals surface area (Å²) in [7, 11) is 0. The number of hydrogen-bond acceptors (Lipinski definition) is 0. The minimum Gasteiger partial charge on any atom is -0.147 e. The van der Waals surface area contributed by atoms with Gasteiger partial charge in [0.25, 0.3) is 0 Å². The number of rotatable bonds is 0. The molecule has 0 aromatic carbocycles. The van der Waals surface area contributed by atoms with E-state index >= 15 is 0 Å². The van der Waals surface area contributed by atoms with Crippen molar-refractivity contribution in [3.05, 3.63) is 26.3 Å². The molecule has 0 saturated carbocycles. The van der Waals surface area contributed by atoms with Gasteiger partial charge >= 0.3 is 0 Å². The van der Waals surface area contributed by atoms with Gasteiger partial charge in [0.15, 0.2) is 17.4 Å². The van der Waals surface area contributed by atoms with Crippen LogP contribution < -0.4 is 0 Å². The summed E-state index contributed by atoms with van der Waals surface area (Å²) in [6.07, 6.45) is 0. The molecule has 0 aromatic heterocycles. The first-order valence-electron chi connectivity index (χ1n) is 1.000. The molecule has 0 aliphatic rings. The van der Waals surface area contributed by atoms with E-state index in [2.05, 4.69) is 26.3 Å². The molecule has 2 heteroatoms. The average molecular weight is 123 g/mol. The van der Waals surface area contributed by atoms with Crippen LogP contribution in [0.15, 0.2) is 26.3 Å². The lowest BCUT2D eigenvalue weighted by molar-refractivity contribution is 2.81. The maximum Gasteiger partial charge on any atom is 0.187 e. The van der Waals surface area contributed by atoms with Crippen molar-refractivity contribution >= 4 is 29.8 Å². The van der Waals surface area contributed by atoms with Gasteiger partial charge in [-0.2, -0.15) is 0 Å². The third-order valence-electron chi connectivity index (χ3n) is 0. The van der Waals surface area contributed by atoms with Gasteiger partial charge in [-0.15, -0.1) is 38.7 Å². The Bertz CT molecular complexity index is 9.51. The van der Waals surface area contributed by atoms with Gasteiger partial charge < -0.3 is 0 Å². The molecular formula is C4H12AlCl. The van der Waals surface area contributed by atoms with Crippen molar-refractivity contribution in [2.24, 2.45) is 0 Å². The normalized spacial score (nSPS) is 1.33. The van der Waals surface area contributed by atoms with Gasteiger partial charge in [-0.1, -0.05) is 0 Å². The minimum absolute atomic E-state index is 0. The van der Waals surface area contributed by atoms with E-state index in [4.69, 9.17) is 0 Å². The van der Waals surface area contributed by atoms with Crippen LogP contribution in [0.3, 0.4) is 0 Å². The quantitative estimate of drug-likeness (QED) is 0.330. The van der Waals surface area contributed by atoms with Crippen molar-refractivity contribution in [3.8, 4) is 0 Å². The Hall–Kier alpha value is 0.302. The zero-order valence-corrected chi connectivity index (χ0v) is 4.05. The summed E-state index contributed by atoms with van der Waals surface area (Å²) < 4.78 is 0. The Morgan fingerprint density at radius 2 is 0.667 bits per heavy atom. The maximum atomic E-state index is 3.00. The molecule has 38 valence electrons. The SMILES string of the molecule is C=C.C=C.Cl.[AlH3]. The van der Waals surface area contributed by atoms with Crippen LogP contribution in [-0.2, 0) is 0 Å². The van der Waals surface area contributed by atoms with Gasteiger partial charge in [0.1, 0.15) is 0 Å². The molecule has 0 nitrogen and oxygen atoms in total. The average Bonchev–Trinajstić information content (AvgIpc) is 1.50. The lowest BCUT2D eigenvalue weighted by Gasteiger charge is -0.813. The van der Waals surface area contributed by atoms with Crippen molar-refractivity contribution in [2.75, 3.05) is 0 Å². The highest BCUT2D eigenvalue weighted by Crippen LogP contribution is 0.864. The van der Waals surface area contributed by atoms with E-state index < -0.39 is 0 Å². The summed E-state index contributed by atoms with van der Waals surface area (Å²) in [6, 6.07) is 0. The van der Waals surface area contributed by atoms with Gasteiger partial charge in [0.05, 0.1) is 0 Å². The highest BCUT2D eigenvalue weighted by molar-refractivity contribution is 5.85. The minimum atomic E-state index is 0. The van der Waals surface area contributed by atoms with E-state index in [1.54, 1.807) is 0 Å². The second-order valence-corrected chi connectivity index (χ2v) is 0. The first-order valence-corrected chi connectivity index (χ1v) is 1.000. The van der Waals surface area contributed by atoms with Gasteiger partial charge in [0, 0.05) is 0 Å². The Morgan fingerprint density at radius 3 is 0.667 bits per heavy atom. The predicted molar refractivity (Wildman–Crippen MR) is 39.7 cm³/mol. The van der Waals surface area contributed by atoms with Crippen LogP contribution >= 0.6 is 12.4 Å². The summed E-state index contributed by atoms with van der Waals surface area (Å²) in [6.45, 7) is 12.0. The molecule has 0 fully saturated rings.